The summed E-state index contributed by atoms with van der Waals surface area (Å²) < 4.78 is 2.51. The van der Waals surface area contributed by atoms with E-state index in [9.17, 15) is 0 Å². The van der Waals surface area contributed by atoms with Gasteiger partial charge in [0.15, 0.2) is 0 Å². The van der Waals surface area contributed by atoms with Gasteiger partial charge in [-0.2, -0.15) is 0 Å². The molecule has 0 fully saturated rings. The van der Waals surface area contributed by atoms with Crippen molar-refractivity contribution in [1.29, 1.82) is 0 Å². The van der Waals surface area contributed by atoms with Crippen LogP contribution in [0.4, 0.5) is 0 Å². The fraction of sp³-hybridized carbons (Fsp3) is 0.133. The molecule has 5 aliphatic carbocycles. The Morgan fingerprint density at radius 2 is 1.26 bits per heavy atom. The van der Waals surface area contributed by atoms with Crippen molar-refractivity contribution >= 4 is 39.2 Å². The molecule has 1 aromatic heterocycles. The Balaban J connectivity index is 1.04. The summed E-state index contributed by atoms with van der Waals surface area (Å²) in [5, 5.41) is 2.75. The van der Waals surface area contributed by atoms with E-state index < -0.39 is 5.41 Å². The second-order valence-electron chi connectivity index (χ2n) is 17.6. The molecule has 7 aromatic carbocycles. The van der Waals surface area contributed by atoms with Crippen molar-refractivity contribution in [3.8, 4) is 11.1 Å². The van der Waals surface area contributed by atoms with Gasteiger partial charge in [-0.15, -0.1) is 0 Å². The van der Waals surface area contributed by atoms with Crippen molar-refractivity contribution < 1.29 is 0 Å². The first kappa shape index (κ1) is 34.9. The van der Waals surface area contributed by atoms with Crippen LogP contribution in [0.3, 0.4) is 0 Å². The number of nitrogens with zero attached hydrogens (tertiary/aromatic N) is 1. The lowest BCUT2D eigenvalue weighted by atomic mass is 9.50. The topological polar surface area (TPSA) is 4.93 Å². The number of hydrogen-bond donors (Lipinski definition) is 0. The van der Waals surface area contributed by atoms with Gasteiger partial charge >= 0.3 is 0 Å². The molecule has 61 heavy (non-hydrogen) atoms. The molecular weight excluding hydrogens is 735 g/mol. The van der Waals surface area contributed by atoms with Crippen molar-refractivity contribution in [2.45, 2.75) is 42.9 Å². The van der Waals surface area contributed by atoms with E-state index >= 15 is 0 Å². The minimum Gasteiger partial charge on any atom is -0.310 e. The molecule has 0 radical (unpaired) electrons. The number of benzene rings is 7. The Kier molecular flexibility index (Phi) is 7.58. The molecule has 1 heterocycles. The molecule has 1 nitrogen and oxygen atoms in total. The van der Waals surface area contributed by atoms with Crippen molar-refractivity contribution in [2.24, 2.45) is 5.92 Å². The van der Waals surface area contributed by atoms with Crippen LogP contribution >= 0.6 is 0 Å². The van der Waals surface area contributed by atoms with Gasteiger partial charge in [-0.25, -0.2) is 0 Å². The highest BCUT2D eigenvalue weighted by Gasteiger charge is 2.60. The molecule has 290 valence electrons. The van der Waals surface area contributed by atoms with Gasteiger partial charge in [-0.1, -0.05) is 182 Å². The standard InChI is InChI=1S/C60H45N/c1-4-18-43(19-5-1)59(52-28-14-15-29-53(52)60(44-20-6-2-7-21-44)51-27-13-12-25-48(51)49-26-16-30-54(59)58(49)60)45-35-31-40(32-36-45)42-34-37-55-50(39-42)57-47-24-11-10-17-41(47)33-38-56(57)61(55)46-22-8-3-9-23-46/h1-2,4-8,10,12-23,25-26,28-39,51H,3,9,11,24,27H2. The average Bonchev–Trinajstić information content (AvgIpc) is 3.84. The van der Waals surface area contributed by atoms with E-state index in [0.717, 1.165) is 32.1 Å². The monoisotopic (exact) mass is 779 g/mol. The minimum atomic E-state index is -0.535. The molecule has 5 aliphatic rings. The fourth-order valence-corrected chi connectivity index (χ4v) is 12.5. The van der Waals surface area contributed by atoms with Gasteiger partial charge < -0.3 is 4.57 Å². The third-order valence-corrected chi connectivity index (χ3v) is 14.9. The Hall–Kier alpha value is -6.96. The molecule has 3 unspecified atom stereocenters. The zero-order chi connectivity index (χ0) is 40.1. The van der Waals surface area contributed by atoms with Gasteiger partial charge in [0.25, 0.3) is 0 Å². The summed E-state index contributed by atoms with van der Waals surface area (Å²) in [5.74, 6) is 0.307. The molecule has 0 saturated carbocycles. The molecule has 8 aromatic rings. The maximum atomic E-state index is 2.51. The zero-order valence-corrected chi connectivity index (χ0v) is 34.2. The van der Waals surface area contributed by atoms with Gasteiger partial charge in [0.1, 0.15) is 0 Å². The summed E-state index contributed by atoms with van der Waals surface area (Å²) in [5.41, 5.74) is 20.8. The molecule has 1 heteroatoms. The maximum absolute atomic E-state index is 2.51. The van der Waals surface area contributed by atoms with E-state index in [-0.39, 0.29) is 5.41 Å². The molecule has 0 bridgehead atoms. The molecule has 0 N–H and O–H groups in total. The van der Waals surface area contributed by atoms with Crippen molar-refractivity contribution in [1.82, 2.24) is 4.57 Å². The SMILES string of the molecule is C1=CCC2C(=C1)c1cccc3c1C2(c1ccccc1)c1ccccc1C3(c1ccccc1)c1ccc(-c2ccc3c(c2)c2c4c(ccc2n3C2=CCCC=C2)C=CCC4)cc1. The van der Waals surface area contributed by atoms with Crippen molar-refractivity contribution in [2.75, 3.05) is 0 Å². The summed E-state index contributed by atoms with van der Waals surface area (Å²) in [6, 6.07) is 60.9. The number of hydrogen-bond acceptors (Lipinski definition) is 0. The van der Waals surface area contributed by atoms with E-state index in [1.54, 1.807) is 0 Å². The van der Waals surface area contributed by atoms with Crippen LogP contribution in [0.2, 0.25) is 0 Å². The van der Waals surface area contributed by atoms with Gasteiger partial charge in [-0.05, 0) is 129 Å². The lowest BCUT2D eigenvalue weighted by molar-refractivity contribution is 0.454. The van der Waals surface area contributed by atoms with Crippen LogP contribution in [0.1, 0.15) is 81.3 Å². The first-order valence-corrected chi connectivity index (χ1v) is 22.2. The quantitative estimate of drug-likeness (QED) is 0.164. The first-order chi connectivity index (χ1) is 30.3. The first-order valence-electron chi connectivity index (χ1n) is 22.2. The van der Waals surface area contributed by atoms with E-state index in [1.165, 1.54) is 99.8 Å². The van der Waals surface area contributed by atoms with Crippen LogP contribution in [0.5, 0.6) is 0 Å². The third kappa shape index (κ3) is 4.67. The second-order valence-corrected chi connectivity index (χ2v) is 17.6. The predicted molar refractivity (Wildman–Crippen MR) is 255 cm³/mol. The van der Waals surface area contributed by atoms with Crippen LogP contribution in [0.15, 0.2) is 200 Å². The van der Waals surface area contributed by atoms with Gasteiger partial charge in [0, 0.05) is 22.4 Å². The normalized spacial score (nSPS) is 21.7. The number of fused-ring (bicyclic) bond motifs is 10. The summed E-state index contributed by atoms with van der Waals surface area (Å²) >= 11 is 0. The smallest absolute Gasteiger partial charge is 0.0708 e. The largest absolute Gasteiger partial charge is 0.310 e. The lowest BCUT2D eigenvalue weighted by Gasteiger charge is -2.51. The highest BCUT2D eigenvalue weighted by atomic mass is 15.0. The summed E-state index contributed by atoms with van der Waals surface area (Å²) in [6.07, 6.45) is 24.1. The van der Waals surface area contributed by atoms with E-state index in [2.05, 4.69) is 211 Å². The van der Waals surface area contributed by atoms with Crippen LogP contribution in [-0.4, -0.2) is 4.57 Å². The van der Waals surface area contributed by atoms with Crippen LogP contribution in [0.25, 0.3) is 50.3 Å². The maximum Gasteiger partial charge on any atom is 0.0708 e. The number of aryl methyl sites for hydroxylation is 1. The molecule has 13 rings (SSSR count). The molecule has 0 amide bonds. The van der Waals surface area contributed by atoms with Crippen LogP contribution in [0, 0.1) is 5.92 Å². The fourth-order valence-electron chi connectivity index (χ4n) is 12.5. The Labute approximate surface area is 358 Å². The Bertz CT molecular complexity index is 3260. The second kappa shape index (κ2) is 13.3. The van der Waals surface area contributed by atoms with E-state index in [1.807, 2.05) is 0 Å². The number of rotatable bonds is 5. The summed E-state index contributed by atoms with van der Waals surface area (Å²) in [7, 11) is 0. The molecule has 0 saturated heterocycles. The highest BCUT2D eigenvalue weighted by molar-refractivity contribution is 6.14. The number of allylic oxidation sites excluding steroid dienone is 9. The third-order valence-electron chi connectivity index (χ3n) is 14.9. The summed E-state index contributed by atoms with van der Waals surface area (Å²) in [4.78, 5) is 0. The Morgan fingerprint density at radius 3 is 2.08 bits per heavy atom. The Morgan fingerprint density at radius 1 is 0.541 bits per heavy atom. The van der Waals surface area contributed by atoms with E-state index in [4.69, 9.17) is 0 Å². The highest BCUT2D eigenvalue weighted by Crippen LogP contribution is 2.67. The minimum absolute atomic E-state index is 0.307. The average molecular weight is 780 g/mol. The van der Waals surface area contributed by atoms with E-state index in [0.29, 0.717) is 5.92 Å². The van der Waals surface area contributed by atoms with Crippen molar-refractivity contribution in [3.63, 3.8) is 0 Å². The van der Waals surface area contributed by atoms with Gasteiger partial charge in [0.05, 0.1) is 21.9 Å². The van der Waals surface area contributed by atoms with Gasteiger partial charge in [-0.3, -0.25) is 0 Å². The lowest BCUT2D eigenvalue weighted by Crippen LogP contribution is -2.46. The predicted octanol–water partition coefficient (Wildman–Crippen LogP) is 14.6. The van der Waals surface area contributed by atoms with Crippen LogP contribution < -0.4 is 0 Å². The van der Waals surface area contributed by atoms with Crippen molar-refractivity contribution in [3.05, 3.63) is 256 Å². The molecule has 3 atom stereocenters. The zero-order valence-electron chi connectivity index (χ0n) is 34.2. The molecule has 0 spiro atoms. The molecular formula is C60H45N. The number of aromatic nitrogens is 1. The molecule has 0 aliphatic heterocycles. The van der Waals surface area contributed by atoms with Crippen LogP contribution in [-0.2, 0) is 17.3 Å². The van der Waals surface area contributed by atoms with Gasteiger partial charge in [0.2, 0.25) is 0 Å². The summed E-state index contributed by atoms with van der Waals surface area (Å²) in [6.45, 7) is 0.